The standard InChI is InChI=1S/C22H26N6O3S2/c1-3-31-21(30)28-8-6-12(7-9-28)26-20-13(11-23)15(14-5-4-10-32-14)16-17(24)18(19(25)29)33-22(16,2)27-20/h4-5,10,12,26-27H,3,6-9,24H2,1-2H3,(H2,25,29). The highest BCUT2D eigenvalue weighted by molar-refractivity contribution is 8.05. The number of hydrogen-bond donors (Lipinski definition) is 4. The van der Waals surface area contributed by atoms with Gasteiger partial charge in [-0.05, 0) is 38.1 Å². The van der Waals surface area contributed by atoms with E-state index in [4.69, 9.17) is 16.2 Å². The Morgan fingerprint density at radius 2 is 2.15 bits per heavy atom. The van der Waals surface area contributed by atoms with E-state index in [9.17, 15) is 14.9 Å². The summed E-state index contributed by atoms with van der Waals surface area (Å²) in [7, 11) is 0. The number of rotatable bonds is 5. The lowest BCUT2D eigenvalue weighted by Gasteiger charge is -2.39. The Labute approximate surface area is 200 Å². The molecule has 2 amide bonds. The second-order valence-electron chi connectivity index (χ2n) is 8.06. The minimum absolute atomic E-state index is 0.0589. The van der Waals surface area contributed by atoms with Gasteiger partial charge in [-0.3, -0.25) is 4.79 Å². The average molecular weight is 487 g/mol. The van der Waals surface area contributed by atoms with E-state index in [0.717, 1.165) is 4.88 Å². The number of amides is 2. The van der Waals surface area contributed by atoms with Crippen molar-refractivity contribution < 1.29 is 14.3 Å². The van der Waals surface area contributed by atoms with E-state index >= 15 is 0 Å². The molecule has 4 rings (SSSR count). The Morgan fingerprint density at radius 1 is 1.42 bits per heavy atom. The number of nitrogens with two attached hydrogens (primary N) is 2. The summed E-state index contributed by atoms with van der Waals surface area (Å²) in [6.07, 6.45) is 1.13. The molecule has 0 radical (unpaired) electrons. The molecule has 174 valence electrons. The third kappa shape index (κ3) is 4.16. The lowest BCUT2D eigenvalue weighted by atomic mass is 9.88. The van der Waals surface area contributed by atoms with Crippen molar-refractivity contribution in [1.82, 2.24) is 15.5 Å². The van der Waals surface area contributed by atoms with E-state index in [2.05, 4.69) is 16.7 Å². The maximum Gasteiger partial charge on any atom is 0.409 e. The maximum absolute atomic E-state index is 12.1. The van der Waals surface area contributed by atoms with Gasteiger partial charge in [0.05, 0.1) is 17.2 Å². The third-order valence-corrected chi connectivity index (χ3v) is 8.11. The summed E-state index contributed by atoms with van der Waals surface area (Å²) in [5.74, 6) is 0.0000591. The van der Waals surface area contributed by atoms with Crippen molar-refractivity contribution in [1.29, 1.82) is 5.26 Å². The molecule has 6 N–H and O–H groups in total. The number of nitrogens with one attached hydrogen (secondary N) is 2. The highest BCUT2D eigenvalue weighted by Crippen LogP contribution is 2.53. The van der Waals surface area contributed by atoms with Crippen LogP contribution in [0.1, 0.15) is 31.6 Å². The highest BCUT2D eigenvalue weighted by Gasteiger charge is 2.48. The van der Waals surface area contributed by atoms with E-state index in [-0.39, 0.29) is 17.0 Å². The zero-order valence-electron chi connectivity index (χ0n) is 18.4. The van der Waals surface area contributed by atoms with Gasteiger partial charge in [-0.1, -0.05) is 17.8 Å². The van der Waals surface area contributed by atoms with Gasteiger partial charge in [0.1, 0.15) is 22.3 Å². The zero-order valence-corrected chi connectivity index (χ0v) is 20.1. The molecule has 0 spiro atoms. The molecule has 0 bridgehead atoms. The monoisotopic (exact) mass is 486 g/mol. The van der Waals surface area contributed by atoms with E-state index < -0.39 is 10.8 Å². The van der Waals surface area contributed by atoms with Crippen molar-refractivity contribution in [2.75, 3.05) is 19.7 Å². The van der Waals surface area contributed by atoms with Crippen LogP contribution in [-0.4, -0.2) is 47.5 Å². The van der Waals surface area contributed by atoms with Crippen molar-refractivity contribution >= 4 is 40.7 Å². The van der Waals surface area contributed by atoms with Crippen LogP contribution < -0.4 is 22.1 Å². The van der Waals surface area contributed by atoms with Crippen LogP contribution in [0.2, 0.25) is 0 Å². The van der Waals surface area contributed by atoms with Gasteiger partial charge in [-0.15, -0.1) is 11.3 Å². The molecule has 9 nitrogen and oxygen atoms in total. The molecule has 1 aromatic heterocycles. The van der Waals surface area contributed by atoms with Crippen LogP contribution in [0.4, 0.5) is 4.79 Å². The molecule has 11 heteroatoms. The fourth-order valence-electron chi connectivity index (χ4n) is 4.39. The molecule has 3 aliphatic rings. The minimum atomic E-state index is -0.762. The highest BCUT2D eigenvalue weighted by atomic mass is 32.2. The molecule has 1 saturated heterocycles. The van der Waals surface area contributed by atoms with E-state index in [1.54, 1.807) is 11.8 Å². The smallest absolute Gasteiger partial charge is 0.409 e. The molecule has 1 aromatic rings. The number of dihydropyridines is 1. The molecule has 0 aliphatic carbocycles. The number of carbonyl (C=O) groups is 2. The largest absolute Gasteiger partial charge is 0.450 e. The Bertz CT molecular complexity index is 1110. The molecular weight excluding hydrogens is 460 g/mol. The Kier molecular flexibility index (Phi) is 6.32. The van der Waals surface area contributed by atoms with Gasteiger partial charge < -0.3 is 31.7 Å². The third-order valence-electron chi connectivity index (χ3n) is 5.88. The fraction of sp³-hybridized carbons (Fsp3) is 0.409. The first-order valence-electron chi connectivity index (χ1n) is 10.7. The first kappa shape index (κ1) is 23.1. The van der Waals surface area contributed by atoms with Gasteiger partial charge in [-0.25, -0.2) is 4.79 Å². The van der Waals surface area contributed by atoms with E-state index in [1.165, 1.54) is 23.1 Å². The Morgan fingerprint density at radius 3 is 2.73 bits per heavy atom. The van der Waals surface area contributed by atoms with Crippen molar-refractivity contribution in [3.05, 3.63) is 50.0 Å². The Hall–Kier alpha value is -3.10. The summed E-state index contributed by atoms with van der Waals surface area (Å²) in [5, 5.41) is 19.0. The number of nitrogens with zero attached hydrogens (tertiary/aromatic N) is 2. The van der Waals surface area contributed by atoms with Crippen LogP contribution in [0, 0.1) is 11.3 Å². The number of piperidine rings is 1. The summed E-state index contributed by atoms with van der Waals surface area (Å²) < 4.78 is 5.10. The number of allylic oxidation sites excluding steroid dienone is 2. The summed E-state index contributed by atoms with van der Waals surface area (Å²) in [4.78, 5) is 26.2. The van der Waals surface area contributed by atoms with Crippen LogP contribution in [0.15, 0.2) is 45.1 Å². The predicted octanol–water partition coefficient (Wildman–Crippen LogP) is 2.17. The summed E-state index contributed by atoms with van der Waals surface area (Å²) >= 11 is 2.77. The lowest BCUT2D eigenvalue weighted by Crippen LogP contribution is -2.51. The molecule has 0 saturated carbocycles. The van der Waals surface area contributed by atoms with Crippen molar-refractivity contribution in [2.45, 2.75) is 37.6 Å². The topological polar surface area (TPSA) is 146 Å². The summed E-state index contributed by atoms with van der Waals surface area (Å²) in [6, 6.07) is 6.24. The first-order chi connectivity index (χ1) is 15.8. The van der Waals surface area contributed by atoms with Crippen LogP contribution >= 0.6 is 23.1 Å². The van der Waals surface area contributed by atoms with Crippen LogP contribution in [0.3, 0.4) is 0 Å². The number of thioether (sulfide) groups is 1. The van der Waals surface area contributed by atoms with Crippen molar-refractivity contribution in [3.63, 3.8) is 0 Å². The Balaban J connectivity index is 1.68. The van der Waals surface area contributed by atoms with E-state index in [0.29, 0.717) is 60.8 Å². The van der Waals surface area contributed by atoms with Gasteiger partial charge in [0, 0.05) is 35.2 Å². The number of primary amides is 1. The number of fused-ring (bicyclic) bond motifs is 1. The molecule has 1 fully saturated rings. The minimum Gasteiger partial charge on any atom is -0.450 e. The number of carbonyl (C=O) groups excluding carboxylic acids is 2. The predicted molar refractivity (Wildman–Crippen MR) is 128 cm³/mol. The average Bonchev–Trinajstić information content (AvgIpc) is 3.40. The van der Waals surface area contributed by atoms with Crippen LogP contribution in [0.5, 0.6) is 0 Å². The molecule has 33 heavy (non-hydrogen) atoms. The number of likely N-dealkylation sites (tertiary alicyclic amines) is 1. The number of thiophene rings is 1. The summed E-state index contributed by atoms with van der Waals surface area (Å²) in [6.45, 7) is 5.20. The summed E-state index contributed by atoms with van der Waals surface area (Å²) in [5.41, 5.74) is 14.1. The molecule has 0 aromatic carbocycles. The normalized spacial score (nSPS) is 23.2. The second-order valence-corrected chi connectivity index (χ2v) is 10.4. The molecule has 3 aliphatic heterocycles. The van der Waals surface area contributed by atoms with Gasteiger partial charge in [0.15, 0.2) is 0 Å². The second kappa shape index (κ2) is 9.03. The molecule has 4 heterocycles. The molecule has 1 unspecified atom stereocenters. The zero-order chi connectivity index (χ0) is 23.8. The van der Waals surface area contributed by atoms with Crippen molar-refractivity contribution in [3.8, 4) is 6.07 Å². The molecule has 1 atom stereocenters. The fourth-order valence-corrected chi connectivity index (χ4v) is 6.36. The first-order valence-corrected chi connectivity index (χ1v) is 12.4. The van der Waals surface area contributed by atoms with Gasteiger partial charge in [-0.2, -0.15) is 5.26 Å². The van der Waals surface area contributed by atoms with Crippen molar-refractivity contribution in [2.24, 2.45) is 11.5 Å². The number of ether oxygens (including phenoxy) is 1. The maximum atomic E-state index is 12.1. The SMILES string of the molecule is CCOC(=O)N1CCC(NC2=C(C#N)C(c3cccs3)=C3C(N)=C(C(N)=O)SC3(C)N2)CC1. The molecular formula is C22H26N6O3S2. The number of nitriles is 1. The van der Waals surface area contributed by atoms with Gasteiger partial charge >= 0.3 is 6.09 Å². The van der Waals surface area contributed by atoms with Crippen LogP contribution in [0.25, 0.3) is 5.57 Å². The van der Waals surface area contributed by atoms with E-state index in [1.807, 2.05) is 24.4 Å². The lowest BCUT2D eigenvalue weighted by molar-refractivity contribution is -0.113. The quantitative estimate of drug-likeness (QED) is 0.495. The number of hydrogen-bond acceptors (Lipinski definition) is 9. The van der Waals surface area contributed by atoms with Gasteiger partial charge in [0.25, 0.3) is 5.91 Å². The van der Waals surface area contributed by atoms with Crippen LogP contribution in [-0.2, 0) is 9.53 Å². The van der Waals surface area contributed by atoms with Gasteiger partial charge in [0.2, 0.25) is 0 Å².